The van der Waals surface area contributed by atoms with Gasteiger partial charge in [0.2, 0.25) is 5.89 Å². The summed E-state index contributed by atoms with van der Waals surface area (Å²) in [6.07, 6.45) is 0.662. The quantitative estimate of drug-likeness (QED) is 0.832. The van der Waals surface area contributed by atoms with E-state index in [9.17, 15) is 8.42 Å². The lowest BCUT2D eigenvalue weighted by Gasteiger charge is -2.16. The van der Waals surface area contributed by atoms with E-state index in [1.807, 2.05) is 6.07 Å². The van der Waals surface area contributed by atoms with Crippen molar-refractivity contribution in [3.05, 3.63) is 24.1 Å². The Kier molecular flexibility index (Phi) is 3.39. The van der Waals surface area contributed by atoms with Crippen LogP contribution in [-0.4, -0.2) is 42.9 Å². The van der Waals surface area contributed by atoms with Crippen LogP contribution in [0.2, 0.25) is 0 Å². The molecule has 1 aliphatic heterocycles. The Morgan fingerprint density at radius 2 is 2.15 bits per heavy atom. The van der Waals surface area contributed by atoms with Gasteiger partial charge < -0.3 is 10.2 Å². The molecule has 0 atom stereocenters. The van der Waals surface area contributed by atoms with Crippen molar-refractivity contribution >= 4 is 26.6 Å². The summed E-state index contributed by atoms with van der Waals surface area (Å²) in [5, 5.41) is 0. The first-order valence-electron chi connectivity index (χ1n) is 6.60. The van der Waals surface area contributed by atoms with Crippen LogP contribution < -0.4 is 5.73 Å². The van der Waals surface area contributed by atoms with Crippen LogP contribution in [-0.2, 0) is 16.4 Å². The summed E-state index contributed by atoms with van der Waals surface area (Å²) >= 11 is 0. The summed E-state index contributed by atoms with van der Waals surface area (Å²) < 4.78 is 28.8. The van der Waals surface area contributed by atoms with Crippen LogP contribution >= 0.6 is 0 Å². The number of sulfone groups is 1. The van der Waals surface area contributed by atoms with Gasteiger partial charge in [-0.3, -0.25) is 4.90 Å². The van der Waals surface area contributed by atoms with Crippen LogP contribution in [0.15, 0.2) is 22.6 Å². The van der Waals surface area contributed by atoms with E-state index < -0.39 is 9.84 Å². The van der Waals surface area contributed by atoms with Crippen LogP contribution in [0.3, 0.4) is 0 Å². The van der Waals surface area contributed by atoms with Gasteiger partial charge >= 0.3 is 0 Å². The lowest BCUT2D eigenvalue weighted by molar-refractivity contribution is 0.259. The van der Waals surface area contributed by atoms with Crippen LogP contribution in [0, 0.1) is 0 Å². The smallest absolute Gasteiger partial charge is 0.209 e. The minimum Gasteiger partial charge on any atom is -0.439 e. The van der Waals surface area contributed by atoms with Crippen molar-refractivity contribution in [3.63, 3.8) is 0 Å². The largest absolute Gasteiger partial charge is 0.439 e. The van der Waals surface area contributed by atoms with Crippen molar-refractivity contribution in [2.24, 2.45) is 0 Å². The molecule has 1 saturated heterocycles. The lowest BCUT2D eigenvalue weighted by atomic mass is 10.3. The van der Waals surface area contributed by atoms with Gasteiger partial charge in [0, 0.05) is 18.3 Å². The molecule has 1 aliphatic rings. The van der Waals surface area contributed by atoms with E-state index in [0.29, 0.717) is 36.7 Å². The highest BCUT2D eigenvalue weighted by atomic mass is 32.2. The molecule has 108 valence electrons. The Morgan fingerprint density at radius 1 is 1.30 bits per heavy atom. The Hall–Kier alpha value is -1.60. The standard InChI is InChI=1S/C13H17N3O3S/c14-10-2-3-11-12(8-10)19-13(15-11)9-16-4-1-6-20(17,18)7-5-16/h2-3,8H,1,4-7,9,14H2. The second kappa shape index (κ2) is 5.06. The molecule has 1 fully saturated rings. The highest BCUT2D eigenvalue weighted by Gasteiger charge is 2.20. The number of nitrogens with two attached hydrogens (primary N) is 1. The van der Waals surface area contributed by atoms with E-state index in [1.165, 1.54) is 0 Å². The van der Waals surface area contributed by atoms with Gasteiger partial charge in [-0.25, -0.2) is 13.4 Å². The fourth-order valence-corrected chi connectivity index (χ4v) is 3.71. The van der Waals surface area contributed by atoms with E-state index >= 15 is 0 Å². The number of rotatable bonds is 2. The maximum atomic E-state index is 11.6. The van der Waals surface area contributed by atoms with E-state index in [1.54, 1.807) is 12.1 Å². The van der Waals surface area contributed by atoms with Gasteiger partial charge in [0.05, 0.1) is 18.1 Å². The fourth-order valence-electron chi connectivity index (χ4n) is 2.40. The van der Waals surface area contributed by atoms with Gasteiger partial charge in [-0.05, 0) is 25.1 Å². The Bertz CT molecular complexity index is 724. The zero-order valence-electron chi connectivity index (χ0n) is 11.1. The molecular weight excluding hydrogens is 278 g/mol. The predicted molar refractivity (Wildman–Crippen MR) is 77.0 cm³/mol. The second-order valence-corrected chi connectivity index (χ2v) is 7.42. The first-order valence-corrected chi connectivity index (χ1v) is 8.42. The number of nitrogens with zero attached hydrogens (tertiary/aromatic N) is 2. The number of nitrogen functional groups attached to an aromatic ring is 1. The summed E-state index contributed by atoms with van der Waals surface area (Å²) in [5.74, 6) is 1.08. The van der Waals surface area contributed by atoms with Crippen LogP contribution in [0.25, 0.3) is 11.1 Å². The Morgan fingerprint density at radius 3 is 3.00 bits per heavy atom. The molecule has 3 rings (SSSR count). The summed E-state index contributed by atoms with van der Waals surface area (Å²) in [4.78, 5) is 6.47. The van der Waals surface area contributed by atoms with Crippen molar-refractivity contribution in [2.75, 3.05) is 30.3 Å². The van der Waals surface area contributed by atoms with Gasteiger partial charge in [-0.2, -0.15) is 0 Å². The van der Waals surface area contributed by atoms with Crippen molar-refractivity contribution in [1.29, 1.82) is 0 Å². The molecule has 0 spiro atoms. The number of hydrogen-bond donors (Lipinski definition) is 1. The van der Waals surface area contributed by atoms with Crippen LogP contribution in [0.5, 0.6) is 0 Å². The highest BCUT2D eigenvalue weighted by Crippen LogP contribution is 2.19. The van der Waals surface area contributed by atoms with Gasteiger partial charge in [-0.1, -0.05) is 0 Å². The van der Waals surface area contributed by atoms with Crippen molar-refractivity contribution in [2.45, 2.75) is 13.0 Å². The van der Waals surface area contributed by atoms with Crippen LogP contribution in [0.1, 0.15) is 12.3 Å². The van der Waals surface area contributed by atoms with E-state index in [2.05, 4.69) is 9.88 Å². The molecule has 0 unspecified atom stereocenters. The number of anilines is 1. The zero-order chi connectivity index (χ0) is 14.2. The predicted octanol–water partition coefficient (Wildman–Crippen LogP) is 1.03. The fraction of sp³-hybridized carbons (Fsp3) is 0.462. The SMILES string of the molecule is Nc1ccc2nc(CN3CCCS(=O)(=O)CC3)oc2c1. The molecule has 0 saturated carbocycles. The topological polar surface area (TPSA) is 89.4 Å². The van der Waals surface area contributed by atoms with Crippen molar-refractivity contribution in [1.82, 2.24) is 9.88 Å². The minimum atomic E-state index is -2.88. The molecule has 20 heavy (non-hydrogen) atoms. The maximum Gasteiger partial charge on any atom is 0.209 e. The molecule has 0 aliphatic carbocycles. The molecule has 2 heterocycles. The van der Waals surface area contributed by atoms with Gasteiger partial charge in [-0.15, -0.1) is 0 Å². The number of fused-ring (bicyclic) bond motifs is 1. The zero-order valence-corrected chi connectivity index (χ0v) is 11.9. The average Bonchev–Trinajstić information content (AvgIpc) is 2.68. The minimum absolute atomic E-state index is 0.209. The molecule has 2 aromatic rings. The van der Waals surface area contributed by atoms with Gasteiger partial charge in [0.15, 0.2) is 15.4 Å². The molecule has 0 radical (unpaired) electrons. The van der Waals surface area contributed by atoms with Crippen LogP contribution in [0.4, 0.5) is 5.69 Å². The second-order valence-electron chi connectivity index (χ2n) is 5.12. The molecule has 7 heteroatoms. The number of benzene rings is 1. The summed E-state index contributed by atoms with van der Waals surface area (Å²) in [6.45, 7) is 1.81. The maximum absolute atomic E-state index is 11.6. The number of hydrogen-bond acceptors (Lipinski definition) is 6. The molecule has 6 nitrogen and oxygen atoms in total. The number of oxazole rings is 1. The Balaban J connectivity index is 1.76. The monoisotopic (exact) mass is 295 g/mol. The van der Waals surface area contributed by atoms with Crippen molar-refractivity contribution in [3.8, 4) is 0 Å². The lowest BCUT2D eigenvalue weighted by Crippen LogP contribution is -2.26. The third kappa shape index (κ3) is 2.94. The van der Waals surface area contributed by atoms with Crippen molar-refractivity contribution < 1.29 is 12.8 Å². The summed E-state index contributed by atoms with van der Waals surface area (Å²) in [6, 6.07) is 5.36. The van der Waals surface area contributed by atoms with Gasteiger partial charge in [0.1, 0.15) is 5.52 Å². The molecule has 1 aromatic heterocycles. The summed E-state index contributed by atoms with van der Waals surface area (Å²) in [5.41, 5.74) is 7.79. The Labute approximate surface area is 117 Å². The average molecular weight is 295 g/mol. The first kappa shape index (κ1) is 13.4. The first-order chi connectivity index (χ1) is 9.52. The molecule has 0 bridgehead atoms. The molecule has 2 N–H and O–H groups in total. The normalized spacial score (nSPS) is 20.0. The molecule has 1 aromatic carbocycles. The number of aromatic nitrogens is 1. The molecular formula is C13H17N3O3S. The third-order valence-corrected chi connectivity index (χ3v) is 5.18. The van der Waals surface area contributed by atoms with E-state index in [-0.39, 0.29) is 11.5 Å². The third-order valence-electron chi connectivity index (χ3n) is 3.46. The van der Waals surface area contributed by atoms with E-state index in [0.717, 1.165) is 12.1 Å². The summed E-state index contributed by atoms with van der Waals surface area (Å²) in [7, 11) is -2.88. The van der Waals surface area contributed by atoms with Gasteiger partial charge in [0.25, 0.3) is 0 Å². The highest BCUT2D eigenvalue weighted by molar-refractivity contribution is 7.91. The molecule has 0 amide bonds. The van der Waals surface area contributed by atoms with E-state index in [4.69, 9.17) is 10.2 Å².